The van der Waals surface area contributed by atoms with Crippen molar-refractivity contribution in [3.8, 4) is 0 Å². The fourth-order valence-electron chi connectivity index (χ4n) is 3.03. The first-order valence-electron chi connectivity index (χ1n) is 7.98. The first-order chi connectivity index (χ1) is 11.6. The molecule has 0 N–H and O–H groups in total. The van der Waals surface area contributed by atoms with Gasteiger partial charge in [0, 0.05) is 29.0 Å². The van der Waals surface area contributed by atoms with Crippen molar-refractivity contribution in [2.45, 2.75) is 26.3 Å². The summed E-state index contributed by atoms with van der Waals surface area (Å²) >= 11 is 9.84. The van der Waals surface area contributed by atoms with E-state index >= 15 is 0 Å². The summed E-state index contributed by atoms with van der Waals surface area (Å²) in [5, 5.41) is 1.69. The topological polar surface area (TPSA) is 41.9 Å². The van der Waals surface area contributed by atoms with Crippen molar-refractivity contribution in [3.63, 3.8) is 0 Å². The third-order valence-corrected chi connectivity index (χ3v) is 5.08. The van der Waals surface area contributed by atoms with Crippen molar-refractivity contribution in [1.82, 2.24) is 15.0 Å². The minimum atomic E-state index is 0.661. The average Bonchev–Trinajstić information content (AvgIpc) is 2.60. The van der Waals surface area contributed by atoms with E-state index in [-0.39, 0.29) is 0 Å². The first-order valence-corrected chi connectivity index (χ1v) is 9.15. The van der Waals surface area contributed by atoms with E-state index in [9.17, 15) is 0 Å². The number of aromatic nitrogens is 3. The Kier molecular flexibility index (Phi) is 4.14. The van der Waals surface area contributed by atoms with Gasteiger partial charge in [-0.3, -0.25) is 0 Å². The van der Waals surface area contributed by atoms with E-state index in [0.717, 1.165) is 58.6 Å². The molecule has 0 bridgehead atoms. The lowest BCUT2D eigenvalue weighted by Gasteiger charge is -2.29. The molecule has 0 fully saturated rings. The van der Waals surface area contributed by atoms with Gasteiger partial charge in [0.15, 0.2) is 0 Å². The highest BCUT2D eigenvalue weighted by molar-refractivity contribution is 9.10. The molecular formula is C18H16BrClN4. The number of nitrogens with zero attached hydrogens (tertiary/aromatic N) is 4. The molecule has 1 aliphatic heterocycles. The summed E-state index contributed by atoms with van der Waals surface area (Å²) in [6, 6.07) is 8.04. The molecule has 0 radical (unpaired) electrons. The van der Waals surface area contributed by atoms with Crippen LogP contribution in [0, 0.1) is 0 Å². The zero-order valence-corrected chi connectivity index (χ0v) is 15.6. The number of pyridine rings is 1. The third-order valence-electron chi connectivity index (χ3n) is 4.33. The van der Waals surface area contributed by atoms with Crippen LogP contribution in [0.25, 0.3) is 10.9 Å². The largest absolute Gasteiger partial charge is 0.350 e. The molecule has 122 valence electrons. The predicted molar refractivity (Wildman–Crippen MR) is 101 cm³/mol. The molecule has 0 saturated heterocycles. The van der Waals surface area contributed by atoms with E-state index < -0.39 is 0 Å². The fraction of sp³-hybridized carbons (Fsp3) is 0.278. The number of halogens is 2. The number of aryl methyl sites for hydroxylation is 1. The normalized spacial score (nSPS) is 14.0. The number of rotatable bonds is 2. The highest BCUT2D eigenvalue weighted by Crippen LogP contribution is 2.30. The van der Waals surface area contributed by atoms with Crippen LogP contribution in [0.5, 0.6) is 0 Å². The summed E-state index contributed by atoms with van der Waals surface area (Å²) in [5.41, 5.74) is 3.18. The van der Waals surface area contributed by atoms with Gasteiger partial charge in [0.2, 0.25) is 0 Å². The lowest BCUT2D eigenvalue weighted by molar-refractivity contribution is 0.686. The van der Waals surface area contributed by atoms with Crippen molar-refractivity contribution >= 4 is 44.3 Å². The second-order valence-electron chi connectivity index (χ2n) is 5.91. The lowest BCUT2D eigenvalue weighted by atomic mass is 10.1. The number of benzene rings is 1. The van der Waals surface area contributed by atoms with Crippen LogP contribution in [-0.2, 0) is 19.4 Å². The zero-order chi connectivity index (χ0) is 16.7. The van der Waals surface area contributed by atoms with Gasteiger partial charge in [-0.05, 0) is 36.2 Å². The second kappa shape index (κ2) is 6.30. The summed E-state index contributed by atoms with van der Waals surface area (Å²) in [5.74, 6) is 1.84. The molecule has 0 amide bonds. The molecule has 0 spiro atoms. The summed E-state index contributed by atoms with van der Waals surface area (Å²) in [4.78, 5) is 16.1. The van der Waals surface area contributed by atoms with Crippen LogP contribution in [-0.4, -0.2) is 21.5 Å². The van der Waals surface area contributed by atoms with Gasteiger partial charge >= 0.3 is 0 Å². The van der Waals surface area contributed by atoms with E-state index in [2.05, 4.69) is 49.9 Å². The first kappa shape index (κ1) is 15.8. The van der Waals surface area contributed by atoms with Gasteiger partial charge in [-0.25, -0.2) is 15.0 Å². The molecule has 1 aliphatic rings. The summed E-state index contributed by atoms with van der Waals surface area (Å²) < 4.78 is 0.963. The Hall–Kier alpha value is -1.72. The van der Waals surface area contributed by atoms with E-state index in [0.29, 0.717) is 5.02 Å². The maximum Gasteiger partial charge on any atom is 0.129 e. The lowest BCUT2D eigenvalue weighted by Crippen LogP contribution is -2.32. The van der Waals surface area contributed by atoms with Crippen molar-refractivity contribution in [1.29, 1.82) is 0 Å². The van der Waals surface area contributed by atoms with Gasteiger partial charge in [-0.1, -0.05) is 34.5 Å². The molecule has 4 nitrogen and oxygen atoms in total. The SMILES string of the molecule is CCc1ncc2c(n1)CN(c1ccc3cc(Br)cc(Cl)c3n1)CC2. The Morgan fingerprint density at radius 2 is 2.12 bits per heavy atom. The summed E-state index contributed by atoms with van der Waals surface area (Å²) in [6.45, 7) is 3.75. The van der Waals surface area contributed by atoms with Crippen molar-refractivity contribution in [2.24, 2.45) is 0 Å². The van der Waals surface area contributed by atoms with Crippen LogP contribution in [0.1, 0.15) is 24.0 Å². The quantitative estimate of drug-likeness (QED) is 0.629. The maximum absolute atomic E-state index is 6.36. The second-order valence-corrected chi connectivity index (χ2v) is 7.23. The van der Waals surface area contributed by atoms with Crippen LogP contribution in [0.15, 0.2) is 34.9 Å². The van der Waals surface area contributed by atoms with E-state index in [1.165, 1.54) is 5.56 Å². The molecule has 0 saturated carbocycles. The molecule has 3 aromatic rings. The summed E-state index contributed by atoms with van der Waals surface area (Å²) in [6.07, 6.45) is 3.76. The zero-order valence-electron chi connectivity index (χ0n) is 13.3. The standard InChI is InChI=1S/C18H16BrClN4/c1-2-16-21-9-12-5-6-24(10-15(12)22-16)17-4-3-11-7-13(19)8-14(20)18(11)23-17/h3-4,7-9H,2,5-6,10H2,1H3. The van der Waals surface area contributed by atoms with Crippen molar-refractivity contribution < 1.29 is 0 Å². The highest BCUT2D eigenvalue weighted by Gasteiger charge is 2.20. The molecule has 1 aromatic carbocycles. The molecule has 0 atom stereocenters. The highest BCUT2D eigenvalue weighted by atomic mass is 79.9. The Morgan fingerprint density at radius 1 is 1.25 bits per heavy atom. The van der Waals surface area contributed by atoms with Crippen LogP contribution >= 0.6 is 27.5 Å². The molecule has 6 heteroatoms. The smallest absolute Gasteiger partial charge is 0.129 e. The van der Waals surface area contributed by atoms with Gasteiger partial charge in [0.1, 0.15) is 11.6 Å². The van der Waals surface area contributed by atoms with Gasteiger partial charge in [-0.2, -0.15) is 0 Å². The van der Waals surface area contributed by atoms with Gasteiger partial charge in [0.25, 0.3) is 0 Å². The molecule has 0 aliphatic carbocycles. The van der Waals surface area contributed by atoms with Crippen molar-refractivity contribution in [3.05, 3.63) is 57.0 Å². The Balaban J connectivity index is 1.70. The van der Waals surface area contributed by atoms with Crippen molar-refractivity contribution in [2.75, 3.05) is 11.4 Å². The van der Waals surface area contributed by atoms with Crippen LogP contribution in [0.4, 0.5) is 5.82 Å². The molecule has 3 heterocycles. The maximum atomic E-state index is 6.36. The van der Waals surface area contributed by atoms with Gasteiger partial charge in [0.05, 0.1) is 22.8 Å². The number of anilines is 1. The summed E-state index contributed by atoms with van der Waals surface area (Å²) in [7, 11) is 0. The van der Waals surface area contributed by atoms with Gasteiger partial charge in [-0.15, -0.1) is 0 Å². The van der Waals surface area contributed by atoms with Crippen LogP contribution < -0.4 is 4.90 Å². The Morgan fingerprint density at radius 3 is 2.96 bits per heavy atom. The molecular weight excluding hydrogens is 388 g/mol. The minimum absolute atomic E-state index is 0.661. The number of hydrogen-bond donors (Lipinski definition) is 0. The third kappa shape index (κ3) is 2.87. The predicted octanol–water partition coefficient (Wildman–Crippen LogP) is 4.57. The van der Waals surface area contributed by atoms with E-state index in [1.54, 1.807) is 0 Å². The molecule has 24 heavy (non-hydrogen) atoms. The number of fused-ring (bicyclic) bond motifs is 2. The minimum Gasteiger partial charge on any atom is -0.350 e. The average molecular weight is 404 g/mol. The Labute approximate surface area is 154 Å². The number of hydrogen-bond acceptors (Lipinski definition) is 4. The Bertz CT molecular complexity index is 928. The van der Waals surface area contributed by atoms with Crippen LogP contribution in [0.2, 0.25) is 5.02 Å². The molecule has 2 aromatic heterocycles. The van der Waals surface area contributed by atoms with E-state index in [1.807, 2.05) is 18.3 Å². The molecule has 0 unspecified atom stereocenters. The van der Waals surface area contributed by atoms with Gasteiger partial charge < -0.3 is 4.90 Å². The molecule has 4 rings (SSSR count). The van der Waals surface area contributed by atoms with Crippen LogP contribution in [0.3, 0.4) is 0 Å². The fourth-order valence-corrected chi connectivity index (χ4v) is 3.91. The monoisotopic (exact) mass is 402 g/mol. The van der Waals surface area contributed by atoms with E-state index in [4.69, 9.17) is 16.6 Å².